The number of aliphatic imine (C=N–C) groups is 1. The maximum Gasteiger partial charge on any atom is 0.133 e. The van der Waals surface area contributed by atoms with Gasteiger partial charge in [0.1, 0.15) is 5.84 Å². The highest BCUT2D eigenvalue weighted by molar-refractivity contribution is 6.24. The van der Waals surface area contributed by atoms with Gasteiger partial charge in [-0.2, -0.15) is 0 Å². The fourth-order valence-electron chi connectivity index (χ4n) is 8.92. The topological polar surface area (TPSA) is 24.4 Å². The lowest BCUT2D eigenvalue weighted by Gasteiger charge is -2.22. The van der Waals surface area contributed by atoms with Crippen molar-refractivity contribution in [1.29, 1.82) is 0 Å². The van der Waals surface area contributed by atoms with Gasteiger partial charge in [-0.15, -0.1) is 0 Å². The average molecular weight is 795 g/mol. The number of nitrogens with one attached hydrogen (secondary N) is 1. The van der Waals surface area contributed by atoms with E-state index in [0.29, 0.717) is 0 Å². The van der Waals surface area contributed by atoms with Crippen molar-refractivity contribution in [2.45, 2.75) is 19.4 Å². The summed E-state index contributed by atoms with van der Waals surface area (Å²) in [5.74, 6) is 0.848. The summed E-state index contributed by atoms with van der Waals surface area (Å²) < 4.78 is 0. The first-order valence-corrected chi connectivity index (χ1v) is 21.5. The Morgan fingerprint density at radius 2 is 0.952 bits per heavy atom. The van der Waals surface area contributed by atoms with Gasteiger partial charge in [-0.25, -0.2) is 0 Å². The summed E-state index contributed by atoms with van der Waals surface area (Å²) in [6, 6.07) is 74.6. The fraction of sp³-hybridized carbons (Fsp3) is 0.0500. The molecule has 0 amide bonds. The molecule has 0 saturated carbocycles. The Morgan fingerprint density at radius 3 is 1.56 bits per heavy atom. The lowest BCUT2D eigenvalue weighted by molar-refractivity contribution is 0.829. The van der Waals surface area contributed by atoms with Gasteiger partial charge in [0.25, 0.3) is 0 Å². The van der Waals surface area contributed by atoms with Gasteiger partial charge in [-0.05, 0) is 109 Å². The molecule has 296 valence electrons. The molecule has 1 atom stereocenters. The molecule has 0 aliphatic heterocycles. The third-order valence-corrected chi connectivity index (χ3v) is 11.8. The second-order valence-corrected chi connectivity index (χ2v) is 15.9. The molecule has 0 fully saturated rings. The first-order chi connectivity index (χ1) is 30.7. The first kappa shape index (κ1) is 38.4. The number of benzene rings is 9. The second kappa shape index (κ2) is 17.4. The summed E-state index contributed by atoms with van der Waals surface area (Å²) in [6.07, 6.45) is 11.6. The van der Waals surface area contributed by atoms with Gasteiger partial charge < -0.3 is 5.32 Å². The van der Waals surface area contributed by atoms with Crippen LogP contribution in [0.4, 0.5) is 5.69 Å². The van der Waals surface area contributed by atoms with Crippen molar-refractivity contribution >= 4 is 33.1 Å². The molecule has 1 aliphatic carbocycles. The Hall–Kier alpha value is -7.81. The molecule has 2 nitrogen and oxygen atoms in total. The van der Waals surface area contributed by atoms with E-state index >= 15 is 0 Å². The predicted octanol–water partition coefficient (Wildman–Crippen LogP) is 16.0. The fourth-order valence-corrected chi connectivity index (χ4v) is 8.92. The Morgan fingerprint density at radius 1 is 0.452 bits per heavy atom. The summed E-state index contributed by atoms with van der Waals surface area (Å²) >= 11 is 0. The molecule has 1 N–H and O–H groups in total. The molecule has 0 spiro atoms. The standard InChI is InChI=1S/C60H46N2/c1-42-20-6-2-13-27-49(40-42)62-60(61-48-25-11-5-12-26-48)46-36-34-43(35-37-46)47-38-39-56-57(41-47)59(53-31-17-15-29-51(53)45-23-9-4-10-24-45)55-33-19-18-32-54(55)58(56)52-30-16-14-28-50(52)44-21-7-3-8-22-44/h2-26,28-41,49H,27H2,1H3,(H,61,62)/b13-2-,20-6?,42-40?. The van der Waals surface area contributed by atoms with E-state index in [9.17, 15) is 0 Å². The molecule has 9 aromatic carbocycles. The molecule has 0 bridgehead atoms. The number of allylic oxidation sites excluding steroid dienone is 4. The van der Waals surface area contributed by atoms with Gasteiger partial charge in [0.05, 0.1) is 6.04 Å². The molecular weight excluding hydrogens is 749 g/mol. The van der Waals surface area contributed by atoms with E-state index in [-0.39, 0.29) is 6.04 Å². The quantitative estimate of drug-likeness (QED) is 0.0925. The summed E-state index contributed by atoms with van der Waals surface area (Å²) in [5.41, 5.74) is 15.3. The zero-order valence-electron chi connectivity index (χ0n) is 34.7. The number of anilines is 1. The van der Waals surface area contributed by atoms with Crippen molar-refractivity contribution in [2.75, 3.05) is 5.32 Å². The van der Waals surface area contributed by atoms with Gasteiger partial charge in [0.2, 0.25) is 0 Å². The molecule has 62 heavy (non-hydrogen) atoms. The van der Waals surface area contributed by atoms with Gasteiger partial charge >= 0.3 is 0 Å². The van der Waals surface area contributed by atoms with E-state index in [4.69, 9.17) is 4.99 Å². The van der Waals surface area contributed by atoms with Crippen LogP contribution < -0.4 is 5.32 Å². The van der Waals surface area contributed by atoms with E-state index in [1.165, 1.54) is 71.6 Å². The highest BCUT2D eigenvalue weighted by Crippen LogP contribution is 2.48. The molecule has 0 heterocycles. The minimum Gasteiger partial charge on any atom is -0.340 e. The van der Waals surface area contributed by atoms with Crippen LogP contribution in [-0.4, -0.2) is 11.9 Å². The predicted molar refractivity (Wildman–Crippen MR) is 266 cm³/mol. The molecule has 1 unspecified atom stereocenters. The Kier molecular flexibility index (Phi) is 10.8. The van der Waals surface area contributed by atoms with Crippen LogP contribution in [0.25, 0.3) is 77.2 Å². The SMILES string of the molecule is CC1=CC(N=C(Nc2ccccc2)c2ccc(-c3ccc4c(-c5ccccc5-c5ccccc5)c5ccccc5c(-c5ccccc5-c5ccccc5)c4c3)cc2)C/C=C\C=C1. The number of rotatable bonds is 8. The Balaban J connectivity index is 1.17. The van der Waals surface area contributed by atoms with Crippen molar-refractivity contribution in [3.05, 3.63) is 248 Å². The molecule has 0 saturated heterocycles. The van der Waals surface area contributed by atoms with Crippen LogP contribution in [0.2, 0.25) is 0 Å². The van der Waals surface area contributed by atoms with Crippen molar-refractivity contribution in [2.24, 2.45) is 4.99 Å². The minimum atomic E-state index is 0.0100. The van der Waals surface area contributed by atoms with Crippen molar-refractivity contribution in [3.63, 3.8) is 0 Å². The third-order valence-electron chi connectivity index (χ3n) is 11.8. The Labute approximate surface area is 364 Å². The number of amidine groups is 1. The molecule has 1 aliphatic rings. The summed E-state index contributed by atoms with van der Waals surface area (Å²) in [4.78, 5) is 5.32. The van der Waals surface area contributed by atoms with Crippen LogP contribution in [-0.2, 0) is 0 Å². The second-order valence-electron chi connectivity index (χ2n) is 15.9. The summed E-state index contributed by atoms with van der Waals surface area (Å²) in [6.45, 7) is 2.14. The third kappa shape index (κ3) is 7.83. The summed E-state index contributed by atoms with van der Waals surface area (Å²) in [7, 11) is 0. The molecule has 0 radical (unpaired) electrons. The van der Waals surface area contributed by atoms with Crippen molar-refractivity contribution < 1.29 is 0 Å². The molecule has 9 aromatic rings. The lowest BCUT2D eigenvalue weighted by atomic mass is 9.81. The molecular formula is C60H46N2. The lowest BCUT2D eigenvalue weighted by Crippen LogP contribution is -2.17. The largest absolute Gasteiger partial charge is 0.340 e. The van der Waals surface area contributed by atoms with E-state index in [1.807, 2.05) is 6.07 Å². The maximum absolute atomic E-state index is 5.32. The summed E-state index contributed by atoms with van der Waals surface area (Å²) in [5, 5.41) is 8.55. The maximum atomic E-state index is 5.32. The van der Waals surface area contributed by atoms with E-state index in [0.717, 1.165) is 34.6 Å². The van der Waals surface area contributed by atoms with Crippen LogP contribution in [0.5, 0.6) is 0 Å². The zero-order valence-corrected chi connectivity index (χ0v) is 34.7. The molecule has 0 aromatic heterocycles. The van der Waals surface area contributed by atoms with Crippen molar-refractivity contribution in [1.82, 2.24) is 0 Å². The average Bonchev–Trinajstić information content (AvgIpc) is 3.33. The monoisotopic (exact) mass is 794 g/mol. The van der Waals surface area contributed by atoms with Gasteiger partial charge in [-0.3, -0.25) is 4.99 Å². The highest BCUT2D eigenvalue weighted by atomic mass is 15.0. The zero-order chi connectivity index (χ0) is 41.7. The van der Waals surface area contributed by atoms with Crippen LogP contribution >= 0.6 is 0 Å². The Bertz CT molecular complexity index is 3160. The van der Waals surface area contributed by atoms with E-state index < -0.39 is 0 Å². The van der Waals surface area contributed by atoms with Gasteiger partial charge in [0, 0.05) is 11.3 Å². The smallest absolute Gasteiger partial charge is 0.133 e. The van der Waals surface area contributed by atoms with Crippen LogP contribution in [0.15, 0.2) is 247 Å². The van der Waals surface area contributed by atoms with Crippen LogP contribution in [0.1, 0.15) is 18.9 Å². The van der Waals surface area contributed by atoms with E-state index in [1.54, 1.807) is 0 Å². The van der Waals surface area contributed by atoms with Gasteiger partial charge in [0.15, 0.2) is 0 Å². The molecule has 10 rings (SSSR count). The first-order valence-electron chi connectivity index (χ1n) is 21.5. The number of hydrogen-bond acceptors (Lipinski definition) is 1. The molecule has 2 heteroatoms. The van der Waals surface area contributed by atoms with E-state index in [2.05, 4.69) is 243 Å². The number of para-hydroxylation sites is 1. The van der Waals surface area contributed by atoms with Crippen LogP contribution in [0.3, 0.4) is 0 Å². The number of nitrogens with zero attached hydrogens (tertiary/aromatic N) is 1. The van der Waals surface area contributed by atoms with Crippen LogP contribution in [0, 0.1) is 0 Å². The van der Waals surface area contributed by atoms with Crippen molar-refractivity contribution in [3.8, 4) is 55.6 Å². The number of hydrogen-bond donors (Lipinski definition) is 1. The minimum absolute atomic E-state index is 0.0100. The highest BCUT2D eigenvalue weighted by Gasteiger charge is 2.21. The van der Waals surface area contributed by atoms with Gasteiger partial charge in [-0.1, -0.05) is 224 Å². The number of fused-ring (bicyclic) bond motifs is 2. The normalized spacial score (nSPS) is 14.6.